The number of nitrogens with one attached hydrogen (secondary N) is 1. The van der Waals surface area contributed by atoms with Gasteiger partial charge in [-0.05, 0) is 29.8 Å². The van der Waals surface area contributed by atoms with E-state index in [1.54, 1.807) is 11.3 Å². The molecule has 0 spiro atoms. The van der Waals surface area contributed by atoms with Crippen molar-refractivity contribution in [2.24, 2.45) is 4.99 Å². The maximum absolute atomic E-state index is 5.99. The fourth-order valence-electron chi connectivity index (χ4n) is 2.33. The first-order chi connectivity index (χ1) is 9.79. The van der Waals surface area contributed by atoms with Gasteiger partial charge >= 0.3 is 0 Å². The Morgan fingerprint density at radius 3 is 2.90 bits per heavy atom. The van der Waals surface area contributed by atoms with Crippen molar-refractivity contribution >= 4 is 39.7 Å². The highest BCUT2D eigenvalue weighted by molar-refractivity contribution is 7.19. The molecule has 1 aliphatic rings. The third-order valence-corrected chi connectivity index (χ3v) is 4.57. The fourth-order valence-corrected chi connectivity index (χ4v) is 3.37. The molecule has 20 heavy (non-hydrogen) atoms. The van der Waals surface area contributed by atoms with Crippen molar-refractivity contribution in [2.45, 2.75) is 0 Å². The number of amidine groups is 1. The van der Waals surface area contributed by atoms with E-state index in [4.69, 9.17) is 16.0 Å². The normalized spacial score (nSPS) is 14.6. The van der Waals surface area contributed by atoms with E-state index in [-0.39, 0.29) is 0 Å². The van der Waals surface area contributed by atoms with Crippen molar-refractivity contribution in [1.29, 1.82) is 0 Å². The standard InChI is InChI=1S/C15H11ClN2OS/c16-14-4-3-13(20-14)10-2-1-9-7-12(19-11(9)8-10)15-17-5-6-18-15/h1-4,7-8H,5-6H2,(H,17,18). The minimum atomic E-state index is 0.796. The molecular formula is C15H11ClN2OS. The Kier molecular flexibility index (Phi) is 2.79. The van der Waals surface area contributed by atoms with Crippen molar-refractivity contribution < 1.29 is 4.42 Å². The summed E-state index contributed by atoms with van der Waals surface area (Å²) >= 11 is 7.56. The van der Waals surface area contributed by atoms with Crippen molar-refractivity contribution in [3.63, 3.8) is 0 Å². The van der Waals surface area contributed by atoms with E-state index in [9.17, 15) is 0 Å². The van der Waals surface area contributed by atoms with Crippen molar-refractivity contribution in [3.8, 4) is 10.4 Å². The van der Waals surface area contributed by atoms with Gasteiger partial charge in [0, 0.05) is 16.8 Å². The van der Waals surface area contributed by atoms with Gasteiger partial charge in [-0.2, -0.15) is 0 Å². The number of rotatable bonds is 2. The number of nitrogens with zero attached hydrogens (tertiary/aromatic N) is 1. The Morgan fingerprint density at radius 1 is 1.20 bits per heavy atom. The number of hydrogen-bond donors (Lipinski definition) is 1. The lowest BCUT2D eigenvalue weighted by molar-refractivity contribution is 0.602. The van der Waals surface area contributed by atoms with Crippen LogP contribution in [0.3, 0.4) is 0 Å². The summed E-state index contributed by atoms with van der Waals surface area (Å²) in [6, 6.07) is 12.2. The van der Waals surface area contributed by atoms with Crippen LogP contribution in [0.5, 0.6) is 0 Å². The first-order valence-electron chi connectivity index (χ1n) is 6.37. The molecule has 0 saturated carbocycles. The number of thiophene rings is 1. The van der Waals surface area contributed by atoms with Crippen molar-refractivity contribution in [1.82, 2.24) is 5.32 Å². The lowest BCUT2D eigenvalue weighted by atomic mass is 10.1. The molecule has 3 aromatic rings. The predicted octanol–water partition coefficient (Wildman–Crippen LogP) is 4.16. The Balaban J connectivity index is 1.79. The largest absolute Gasteiger partial charge is 0.453 e. The van der Waals surface area contributed by atoms with Crippen LogP contribution in [0.15, 0.2) is 45.8 Å². The summed E-state index contributed by atoms with van der Waals surface area (Å²) < 4.78 is 6.70. The molecule has 2 aromatic heterocycles. The third kappa shape index (κ3) is 2.01. The summed E-state index contributed by atoms with van der Waals surface area (Å²) in [7, 11) is 0. The molecule has 1 aromatic carbocycles. The summed E-state index contributed by atoms with van der Waals surface area (Å²) in [5.41, 5.74) is 2.00. The van der Waals surface area contributed by atoms with Crippen LogP contribution in [0.1, 0.15) is 5.76 Å². The number of benzene rings is 1. The van der Waals surface area contributed by atoms with E-state index in [1.807, 2.05) is 18.2 Å². The highest BCUT2D eigenvalue weighted by Crippen LogP contribution is 2.33. The molecule has 0 aliphatic carbocycles. The Morgan fingerprint density at radius 2 is 2.15 bits per heavy atom. The quantitative estimate of drug-likeness (QED) is 0.771. The zero-order valence-corrected chi connectivity index (χ0v) is 12.1. The van der Waals surface area contributed by atoms with Crippen LogP contribution in [0, 0.1) is 0 Å². The van der Waals surface area contributed by atoms with Gasteiger partial charge in [-0.15, -0.1) is 11.3 Å². The average molecular weight is 303 g/mol. The lowest BCUT2D eigenvalue weighted by Crippen LogP contribution is -2.18. The molecule has 1 aliphatic heterocycles. The molecule has 1 N–H and O–H groups in total. The monoisotopic (exact) mass is 302 g/mol. The van der Waals surface area contributed by atoms with Crippen LogP contribution in [0.2, 0.25) is 4.34 Å². The highest BCUT2D eigenvalue weighted by Gasteiger charge is 2.14. The third-order valence-electron chi connectivity index (χ3n) is 3.29. The van der Waals surface area contributed by atoms with Gasteiger partial charge in [0.2, 0.25) is 0 Å². The molecule has 0 atom stereocenters. The summed E-state index contributed by atoms with van der Waals surface area (Å²) in [6.45, 7) is 1.69. The molecule has 3 heterocycles. The molecule has 0 radical (unpaired) electrons. The first-order valence-corrected chi connectivity index (χ1v) is 7.57. The number of hydrogen-bond acceptors (Lipinski definition) is 4. The van der Waals surface area contributed by atoms with E-state index >= 15 is 0 Å². The number of halogens is 1. The van der Waals surface area contributed by atoms with Gasteiger partial charge in [-0.25, -0.2) is 0 Å². The Labute approximate surface area is 124 Å². The number of aliphatic imine (C=N–C) groups is 1. The maximum atomic E-state index is 5.99. The van der Waals surface area contributed by atoms with E-state index in [0.29, 0.717) is 0 Å². The Bertz CT molecular complexity index is 818. The average Bonchev–Trinajstić information content (AvgIpc) is 3.17. The molecule has 100 valence electrons. The molecule has 5 heteroatoms. The van der Waals surface area contributed by atoms with Gasteiger partial charge in [0.05, 0.1) is 10.9 Å². The van der Waals surface area contributed by atoms with Gasteiger partial charge < -0.3 is 9.73 Å². The van der Waals surface area contributed by atoms with Crippen LogP contribution in [0.4, 0.5) is 0 Å². The van der Waals surface area contributed by atoms with Gasteiger partial charge in [0.25, 0.3) is 0 Å². The van der Waals surface area contributed by atoms with Crippen LogP contribution in [0.25, 0.3) is 21.4 Å². The number of fused-ring (bicyclic) bond motifs is 1. The zero-order valence-electron chi connectivity index (χ0n) is 10.5. The van der Waals surface area contributed by atoms with E-state index in [2.05, 4.69) is 28.5 Å². The van der Waals surface area contributed by atoms with Crippen LogP contribution in [-0.2, 0) is 0 Å². The second kappa shape index (κ2) is 4.65. The molecule has 0 fully saturated rings. The summed E-state index contributed by atoms with van der Waals surface area (Å²) in [4.78, 5) is 5.53. The predicted molar refractivity (Wildman–Crippen MR) is 83.9 cm³/mol. The van der Waals surface area contributed by atoms with Crippen LogP contribution in [-0.4, -0.2) is 18.9 Å². The topological polar surface area (TPSA) is 37.5 Å². The van der Waals surface area contributed by atoms with Crippen LogP contribution >= 0.6 is 22.9 Å². The minimum Gasteiger partial charge on any atom is -0.453 e. The summed E-state index contributed by atoms with van der Waals surface area (Å²) in [5, 5.41) is 4.31. The molecule has 0 bridgehead atoms. The second-order valence-electron chi connectivity index (χ2n) is 4.62. The Hall–Kier alpha value is -1.78. The smallest absolute Gasteiger partial charge is 0.170 e. The molecule has 0 unspecified atom stereocenters. The SMILES string of the molecule is Clc1ccc(-c2ccc3cc(C4=NCCN4)oc3c2)s1. The van der Waals surface area contributed by atoms with E-state index in [1.165, 1.54) is 0 Å². The maximum Gasteiger partial charge on any atom is 0.170 e. The molecule has 0 saturated heterocycles. The van der Waals surface area contributed by atoms with Gasteiger partial charge in [-0.3, -0.25) is 4.99 Å². The molecule has 4 rings (SSSR count). The fraction of sp³-hybridized carbons (Fsp3) is 0.133. The van der Waals surface area contributed by atoms with Gasteiger partial charge in [0.15, 0.2) is 11.6 Å². The number of furan rings is 1. The highest BCUT2D eigenvalue weighted by atomic mass is 35.5. The first kappa shape index (κ1) is 12.0. The molecule has 3 nitrogen and oxygen atoms in total. The minimum absolute atomic E-state index is 0.796. The van der Waals surface area contributed by atoms with Gasteiger partial charge in [-0.1, -0.05) is 23.7 Å². The summed E-state index contributed by atoms with van der Waals surface area (Å²) in [6.07, 6.45) is 0. The second-order valence-corrected chi connectivity index (χ2v) is 6.34. The van der Waals surface area contributed by atoms with Crippen molar-refractivity contribution in [2.75, 3.05) is 13.1 Å². The lowest BCUT2D eigenvalue weighted by Gasteiger charge is -1.97. The molecule has 0 amide bonds. The van der Waals surface area contributed by atoms with Crippen LogP contribution < -0.4 is 5.32 Å². The molecular weight excluding hydrogens is 292 g/mol. The summed E-state index contributed by atoms with van der Waals surface area (Å²) in [5.74, 6) is 1.65. The van der Waals surface area contributed by atoms with E-state index < -0.39 is 0 Å². The van der Waals surface area contributed by atoms with Gasteiger partial charge in [0.1, 0.15) is 5.58 Å². The zero-order chi connectivity index (χ0) is 13.5. The van der Waals surface area contributed by atoms with Crippen molar-refractivity contribution in [3.05, 3.63) is 46.5 Å². The van der Waals surface area contributed by atoms with E-state index in [0.717, 1.165) is 50.4 Å².